The van der Waals surface area contributed by atoms with Gasteiger partial charge >= 0.3 is 0 Å². The summed E-state index contributed by atoms with van der Waals surface area (Å²) in [5, 5.41) is 2.31. The highest BCUT2D eigenvalue weighted by atomic mass is 15.7. The van der Waals surface area contributed by atoms with E-state index in [2.05, 4.69) is 22.9 Å². The summed E-state index contributed by atoms with van der Waals surface area (Å²) < 4.78 is 0. The van der Waals surface area contributed by atoms with E-state index in [0.29, 0.717) is 12.1 Å². The first-order valence-corrected chi connectivity index (χ1v) is 8.18. The van der Waals surface area contributed by atoms with Gasteiger partial charge in [-0.3, -0.25) is 0 Å². The van der Waals surface area contributed by atoms with Gasteiger partial charge in [-0.25, -0.2) is 10.9 Å². The van der Waals surface area contributed by atoms with Gasteiger partial charge in [0.05, 0.1) is 0 Å². The van der Waals surface area contributed by atoms with Crippen molar-refractivity contribution in [1.82, 2.24) is 16.0 Å². The number of hydrogen-bond acceptors (Lipinski definition) is 3. The SMILES string of the molecule is CCCN(NC1CCCCC1)NC1CCCCC1. The Balaban J connectivity index is 1.74. The largest absolute Gasteiger partial charge is 0.238 e. The Morgan fingerprint density at radius 2 is 1.22 bits per heavy atom. The first kappa shape index (κ1) is 14.3. The van der Waals surface area contributed by atoms with E-state index in [-0.39, 0.29) is 0 Å². The highest BCUT2D eigenvalue weighted by Gasteiger charge is 2.19. The normalized spacial score (nSPS) is 23.7. The van der Waals surface area contributed by atoms with Gasteiger partial charge in [0, 0.05) is 18.6 Å². The topological polar surface area (TPSA) is 27.3 Å². The Bertz CT molecular complexity index is 188. The van der Waals surface area contributed by atoms with E-state index in [1.54, 1.807) is 0 Å². The third-order valence-electron chi connectivity index (χ3n) is 4.33. The highest BCUT2D eigenvalue weighted by molar-refractivity contribution is 4.73. The first-order valence-electron chi connectivity index (χ1n) is 8.18. The minimum Gasteiger partial charge on any atom is -0.238 e. The van der Waals surface area contributed by atoms with Gasteiger partial charge in [0.1, 0.15) is 0 Å². The van der Waals surface area contributed by atoms with Crippen LogP contribution in [0.5, 0.6) is 0 Å². The molecule has 2 N–H and O–H groups in total. The van der Waals surface area contributed by atoms with Crippen molar-refractivity contribution in [1.29, 1.82) is 0 Å². The molecule has 0 bridgehead atoms. The van der Waals surface area contributed by atoms with Crippen molar-refractivity contribution in [3.05, 3.63) is 0 Å². The molecule has 2 aliphatic rings. The molecule has 0 amide bonds. The lowest BCUT2D eigenvalue weighted by atomic mass is 9.96. The van der Waals surface area contributed by atoms with Gasteiger partial charge in [0.2, 0.25) is 0 Å². The second kappa shape index (κ2) is 8.13. The predicted molar refractivity (Wildman–Crippen MR) is 77.0 cm³/mol. The van der Waals surface area contributed by atoms with E-state index in [1.165, 1.54) is 70.6 Å². The van der Waals surface area contributed by atoms with Crippen molar-refractivity contribution < 1.29 is 0 Å². The van der Waals surface area contributed by atoms with Gasteiger partial charge in [-0.1, -0.05) is 45.4 Å². The maximum absolute atomic E-state index is 3.73. The van der Waals surface area contributed by atoms with Gasteiger partial charge in [-0.2, -0.15) is 5.12 Å². The fraction of sp³-hybridized carbons (Fsp3) is 1.00. The van der Waals surface area contributed by atoms with Crippen LogP contribution < -0.4 is 10.9 Å². The van der Waals surface area contributed by atoms with Crippen LogP contribution in [-0.2, 0) is 0 Å². The second-order valence-electron chi connectivity index (χ2n) is 6.08. The average molecular weight is 253 g/mol. The highest BCUT2D eigenvalue weighted by Crippen LogP contribution is 2.19. The van der Waals surface area contributed by atoms with Crippen LogP contribution in [0.15, 0.2) is 0 Å². The van der Waals surface area contributed by atoms with E-state index < -0.39 is 0 Å². The molecule has 3 nitrogen and oxygen atoms in total. The Kier molecular flexibility index (Phi) is 6.46. The molecule has 0 aromatic rings. The summed E-state index contributed by atoms with van der Waals surface area (Å²) in [6, 6.07) is 1.42. The lowest BCUT2D eigenvalue weighted by Crippen LogP contribution is -2.56. The molecule has 2 saturated carbocycles. The third-order valence-corrected chi connectivity index (χ3v) is 4.33. The minimum absolute atomic E-state index is 0.710. The van der Waals surface area contributed by atoms with Crippen molar-refractivity contribution >= 4 is 0 Å². The summed E-state index contributed by atoms with van der Waals surface area (Å²) in [6.45, 7) is 3.38. The molecule has 0 aliphatic heterocycles. The van der Waals surface area contributed by atoms with Crippen LogP contribution in [0.1, 0.15) is 77.6 Å². The molecule has 0 aromatic carbocycles. The number of rotatable bonds is 6. The van der Waals surface area contributed by atoms with Crippen LogP contribution in [0.3, 0.4) is 0 Å². The third kappa shape index (κ3) is 4.87. The Morgan fingerprint density at radius 3 is 1.61 bits per heavy atom. The molecule has 2 rings (SSSR count). The molecule has 0 atom stereocenters. The van der Waals surface area contributed by atoms with Gasteiger partial charge in [0.15, 0.2) is 0 Å². The smallest absolute Gasteiger partial charge is 0.0285 e. The van der Waals surface area contributed by atoms with Crippen molar-refractivity contribution in [2.45, 2.75) is 89.6 Å². The average Bonchev–Trinajstić information content (AvgIpc) is 2.41. The Hall–Kier alpha value is -0.120. The molecule has 3 heteroatoms. The monoisotopic (exact) mass is 253 g/mol. The lowest BCUT2D eigenvalue weighted by molar-refractivity contribution is 0.0514. The standard InChI is InChI=1S/C15H31N3/c1-2-13-18(16-14-9-5-3-6-10-14)17-15-11-7-4-8-12-15/h14-17H,2-13H2,1H3. The zero-order chi connectivity index (χ0) is 12.6. The summed E-state index contributed by atoms with van der Waals surface area (Å²) in [6.07, 6.45) is 15.1. The fourth-order valence-electron chi connectivity index (χ4n) is 3.29. The van der Waals surface area contributed by atoms with Gasteiger partial charge in [-0.15, -0.1) is 0 Å². The molecule has 106 valence electrons. The quantitative estimate of drug-likeness (QED) is 0.711. The van der Waals surface area contributed by atoms with Crippen LogP contribution >= 0.6 is 0 Å². The zero-order valence-electron chi connectivity index (χ0n) is 12.1. The summed E-state index contributed by atoms with van der Waals surface area (Å²) in [4.78, 5) is 0. The van der Waals surface area contributed by atoms with Crippen molar-refractivity contribution in [2.75, 3.05) is 6.54 Å². The van der Waals surface area contributed by atoms with E-state index in [4.69, 9.17) is 0 Å². The minimum atomic E-state index is 0.710. The van der Waals surface area contributed by atoms with Crippen molar-refractivity contribution in [3.8, 4) is 0 Å². The molecule has 2 aliphatic carbocycles. The first-order chi connectivity index (χ1) is 8.88. The van der Waals surface area contributed by atoms with Crippen LogP contribution in [0, 0.1) is 0 Å². The molecule has 0 saturated heterocycles. The fourth-order valence-corrected chi connectivity index (χ4v) is 3.29. The zero-order valence-corrected chi connectivity index (χ0v) is 12.1. The van der Waals surface area contributed by atoms with E-state index >= 15 is 0 Å². The van der Waals surface area contributed by atoms with Crippen molar-refractivity contribution in [3.63, 3.8) is 0 Å². The summed E-state index contributed by atoms with van der Waals surface area (Å²) in [7, 11) is 0. The molecule has 0 aromatic heterocycles. The van der Waals surface area contributed by atoms with E-state index in [1.807, 2.05) is 0 Å². The molecule has 0 spiro atoms. The lowest BCUT2D eigenvalue weighted by Gasteiger charge is -2.35. The number of nitrogens with one attached hydrogen (secondary N) is 2. The van der Waals surface area contributed by atoms with Gasteiger partial charge < -0.3 is 0 Å². The number of hydrazine groups is 2. The Morgan fingerprint density at radius 1 is 0.778 bits per heavy atom. The Labute approximate surface area is 113 Å². The van der Waals surface area contributed by atoms with Crippen LogP contribution in [-0.4, -0.2) is 23.7 Å². The molecule has 0 heterocycles. The summed E-state index contributed by atoms with van der Waals surface area (Å²) in [5.74, 6) is 0. The van der Waals surface area contributed by atoms with Crippen molar-refractivity contribution in [2.24, 2.45) is 0 Å². The van der Waals surface area contributed by atoms with Crippen LogP contribution in [0.2, 0.25) is 0 Å². The van der Waals surface area contributed by atoms with E-state index in [0.717, 1.165) is 6.54 Å². The summed E-state index contributed by atoms with van der Waals surface area (Å²) >= 11 is 0. The molecule has 2 fully saturated rings. The molecule has 0 unspecified atom stereocenters. The van der Waals surface area contributed by atoms with E-state index in [9.17, 15) is 0 Å². The maximum atomic E-state index is 3.73. The molecular formula is C15H31N3. The van der Waals surface area contributed by atoms with Crippen LogP contribution in [0.4, 0.5) is 0 Å². The predicted octanol–water partition coefficient (Wildman–Crippen LogP) is 3.37. The molecular weight excluding hydrogens is 222 g/mol. The number of hydrogen-bond donors (Lipinski definition) is 2. The summed E-state index contributed by atoms with van der Waals surface area (Å²) in [5.41, 5.74) is 7.45. The number of nitrogens with zero attached hydrogens (tertiary/aromatic N) is 1. The van der Waals surface area contributed by atoms with Crippen LogP contribution in [0.25, 0.3) is 0 Å². The molecule has 18 heavy (non-hydrogen) atoms. The molecule has 0 radical (unpaired) electrons. The maximum Gasteiger partial charge on any atom is 0.0285 e. The second-order valence-corrected chi connectivity index (χ2v) is 6.08. The van der Waals surface area contributed by atoms with Gasteiger partial charge in [0.25, 0.3) is 0 Å². The van der Waals surface area contributed by atoms with Gasteiger partial charge in [-0.05, 0) is 32.1 Å².